The minimum atomic E-state index is -0.179. The molecule has 1 fully saturated rings. The van der Waals surface area contributed by atoms with Gasteiger partial charge >= 0.3 is 0 Å². The summed E-state index contributed by atoms with van der Waals surface area (Å²) in [5.74, 6) is 0.980. The molecule has 25 heavy (non-hydrogen) atoms. The molecular formula is C18H25FN5S+. The number of hydrogen-bond donors (Lipinski definition) is 1. The summed E-state index contributed by atoms with van der Waals surface area (Å²) in [4.78, 5) is 3.83. The Morgan fingerprint density at radius 2 is 1.80 bits per heavy atom. The van der Waals surface area contributed by atoms with Gasteiger partial charge in [0.05, 0.1) is 26.2 Å². The highest BCUT2D eigenvalue weighted by Gasteiger charge is 2.22. The first kappa shape index (κ1) is 16.7. The first-order valence-corrected chi connectivity index (χ1v) is 9.62. The van der Waals surface area contributed by atoms with Crippen LogP contribution in [0.5, 0.6) is 0 Å². The topological polar surface area (TPSA) is 30.4 Å². The van der Waals surface area contributed by atoms with Gasteiger partial charge in [-0.2, -0.15) is 9.78 Å². The first-order valence-electron chi connectivity index (χ1n) is 9.21. The number of benzene rings is 1. The van der Waals surface area contributed by atoms with Crippen LogP contribution in [0, 0.1) is 10.6 Å². The fourth-order valence-electron chi connectivity index (χ4n) is 3.83. The Balaban J connectivity index is 1.39. The molecule has 0 aliphatic carbocycles. The van der Waals surface area contributed by atoms with Crippen LogP contribution in [0.2, 0.25) is 0 Å². The maximum absolute atomic E-state index is 13.1. The number of hydrogen-bond acceptors (Lipinski definition) is 3. The molecule has 134 valence electrons. The number of aryl methyl sites for hydroxylation is 1. The summed E-state index contributed by atoms with van der Waals surface area (Å²) < 4.78 is 18.2. The van der Waals surface area contributed by atoms with E-state index in [-0.39, 0.29) is 5.82 Å². The number of halogens is 1. The second-order valence-corrected chi connectivity index (χ2v) is 7.40. The summed E-state index contributed by atoms with van der Waals surface area (Å²) in [6.07, 6.45) is 4.74. The largest absolute Gasteiger partial charge is 0.360 e. The van der Waals surface area contributed by atoms with E-state index in [1.165, 1.54) is 36.3 Å². The van der Waals surface area contributed by atoms with Gasteiger partial charge in [-0.05, 0) is 49.3 Å². The second kappa shape index (κ2) is 7.25. The van der Waals surface area contributed by atoms with Crippen LogP contribution < -0.4 is 9.80 Å². The van der Waals surface area contributed by atoms with Gasteiger partial charge < -0.3 is 14.4 Å². The number of fused-ring (bicyclic) bond motifs is 1. The summed E-state index contributed by atoms with van der Waals surface area (Å²) in [5.41, 5.74) is 1.10. The Labute approximate surface area is 152 Å². The summed E-state index contributed by atoms with van der Waals surface area (Å²) in [5, 5.41) is 4.79. The van der Waals surface area contributed by atoms with Gasteiger partial charge in [0, 0.05) is 18.7 Å². The van der Waals surface area contributed by atoms with Gasteiger partial charge in [-0.1, -0.05) is 6.42 Å². The Morgan fingerprint density at radius 1 is 1.04 bits per heavy atom. The molecule has 1 aromatic heterocycles. The van der Waals surface area contributed by atoms with Crippen molar-refractivity contribution in [3.63, 3.8) is 0 Å². The highest BCUT2D eigenvalue weighted by atomic mass is 32.1. The van der Waals surface area contributed by atoms with Crippen molar-refractivity contribution in [2.75, 3.05) is 31.1 Å². The smallest absolute Gasteiger partial charge is 0.202 e. The SMILES string of the molecule is Fc1ccc(N2CC[NH+](Cn3nc4n(c3=S)CCCCC4)CC2)cc1. The van der Waals surface area contributed by atoms with Gasteiger partial charge in [0.25, 0.3) is 0 Å². The Kier molecular flexibility index (Phi) is 4.85. The van der Waals surface area contributed by atoms with Gasteiger partial charge in [-0.25, -0.2) is 4.39 Å². The lowest BCUT2D eigenvalue weighted by Gasteiger charge is -2.33. The number of anilines is 1. The van der Waals surface area contributed by atoms with Crippen molar-refractivity contribution >= 4 is 17.9 Å². The Bertz CT molecular complexity index is 774. The van der Waals surface area contributed by atoms with Crippen molar-refractivity contribution in [3.8, 4) is 0 Å². The summed E-state index contributed by atoms with van der Waals surface area (Å²) in [6, 6.07) is 6.80. The van der Waals surface area contributed by atoms with E-state index in [2.05, 4.69) is 9.47 Å². The van der Waals surface area contributed by atoms with Crippen molar-refractivity contribution in [1.82, 2.24) is 14.3 Å². The van der Waals surface area contributed by atoms with Gasteiger partial charge in [0.1, 0.15) is 11.6 Å². The maximum Gasteiger partial charge on any atom is 0.202 e. The molecule has 3 heterocycles. The van der Waals surface area contributed by atoms with E-state index in [1.54, 1.807) is 0 Å². The molecule has 1 saturated heterocycles. The third kappa shape index (κ3) is 3.62. The summed E-state index contributed by atoms with van der Waals surface area (Å²) in [7, 11) is 0. The van der Waals surface area contributed by atoms with Gasteiger partial charge in [-0.3, -0.25) is 0 Å². The third-order valence-corrected chi connectivity index (χ3v) is 5.75. The highest BCUT2D eigenvalue weighted by Crippen LogP contribution is 2.15. The molecule has 0 unspecified atom stereocenters. The zero-order valence-corrected chi connectivity index (χ0v) is 15.3. The molecule has 7 heteroatoms. The molecule has 0 radical (unpaired) electrons. The van der Waals surface area contributed by atoms with Crippen LogP contribution >= 0.6 is 12.2 Å². The van der Waals surface area contributed by atoms with Crippen molar-refractivity contribution in [2.24, 2.45) is 0 Å². The predicted octanol–water partition coefficient (Wildman–Crippen LogP) is 1.64. The lowest BCUT2D eigenvalue weighted by Crippen LogP contribution is -3.14. The van der Waals surface area contributed by atoms with Crippen molar-refractivity contribution in [2.45, 2.75) is 38.9 Å². The van der Waals surface area contributed by atoms with Crippen molar-refractivity contribution < 1.29 is 9.29 Å². The van der Waals surface area contributed by atoms with E-state index >= 15 is 0 Å². The highest BCUT2D eigenvalue weighted by molar-refractivity contribution is 7.71. The average molecular weight is 362 g/mol. The van der Waals surface area contributed by atoms with Crippen LogP contribution in [-0.4, -0.2) is 40.5 Å². The van der Waals surface area contributed by atoms with Crippen LogP contribution in [0.3, 0.4) is 0 Å². The molecule has 1 N–H and O–H groups in total. The van der Waals surface area contributed by atoms with E-state index in [0.717, 1.165) is 62.1 Å². The Morgan fingerprint density at radius 3 is 2.56 bits per heavy atom. The lowest BCUT2D eigenvalue weighted by molar-refractivity contribution is -0.924. The monoisotopic (exact) mass is 362 g/mol. The standard InChI is InChI=1S/C18H24FN5S/c19-15-5-7-16(8-6-15)22-12-10-21(11-13-22)14-24-18(25)23-9-3-1-2-4-17(23)20-24/h5-8H,1-4,9-14H2/p+1. The van der Waals surface area contributed by atoms with Crippen LogP contribution in [0.1, 0.15) is 25.1 Å². The molecule has 2 aliphatic heterocycles. The summed E-state index contributed by atoms with van der Waals surface area (Å²) in [6.45, 7) is 5.89. The van der Waals surface area contributed by atoms with E-state index in [1.807, 2.05) is 16.8 Å². The minimum Gasteiger partial charge on any atom is -0.360 e. The molecule has 2 aliphatic rings. The van der Waals surface area contributed by atoms with E-state index < -0.39 is 0 Å². The number of piperazine rings is 1. The van der Waals surface area contributed by atoms with Crippen LogP contribution in [0.4, 0.5) is 10.1 Å². The molecule has 1 aromatic carbocycles. The lowest BCUT2D eigenvalue weighted by atomic mass is 10.2. The molecule has 2 aromatic rings. The van der Waals surface area contributed by atoms with Crippen molar-refractivity contribution in [1.29, 1.82) is 0 Å². The molecule has 0 atom stereocenters. The van der Waals surface area contributed by atoms with Gasteiger partial charge in [0.2, 0.25) is 4.77 Å². The number of rotatable bonds is 3. The molecule has 5 nitrogen and oxygen atoms in total. The number of quaternary nitrogens is 1. The number of nitrogens with zero attached hydrogens (tertiary/aromatic N) is 4. The fraction of sp³-hybridized carbons (Fsp3) is 0.556. The summed E-state index contributed by atoms with van der Waals surface area (Å²) >= 11 is 5.66. The van der Waals surface area contributed by atoms with Crippen molar-refractivity contribution in [3.05, 3.63) is 40.7 Å². The minimum absolute atomic E-state index is 0.179. The first-order chi connectivity index (χ1) is 12.2. The quantitative estimate of drug-likeness (QED) is 0.842. The molecule has 0 saturated carbocycles. The molecule has 0 bridgehead atoms. The van der Waals surface area contributed by atoms with Gasteiger partial charge in [-0.15, -0.1) is 0 Å². The molecular weight excluding hydrogens is 337 g/mol. The number of aromatic nitrogens is 3. The maximum atomic E-state index is 13.1. The molecule has 4 rings (SSSR count). The zero-order valence-electron chi connectivity index (χ0n) is 14.5. The molecule has 0 spiro atoms. The fourth-order valence-corrected chi connectivity index (χ4v) is 4.13. The molecule has 0 amide bonds. The second-order valence-electron chi connectivity index (χ2n) is 7.03. The van der Waals surface area contributed by atoms with Crippen LogP contribution in [-0.2, 0) is 19.6 Å². The van der Waals surface area contributed by atoms with Gasteiger partial charge in [0.15, 0.2) is 6.67 Å². The number of nitrogens with one attached hydrogen (secondary N) is 1. The predicted molar refractivity (Wildman–Crippen MR) is 97.9 cm³/mol. The van der Waals surface area contributed by atoms with Crippen LogP contribution in [0.15, 0.2) is 24.3 Å². The van der Waals surface area contributed by atoms with E-state index in [9.17, 15) is 4.39 Å². The normalized spacial score (nSPS) is 18.8. The zero-order chi connectivity index (χ0) is 17.2. The van der Waals surface area contributed by atoms with Crippen LogP contribution in [0.25, 0.3) is 0 Å². The Hall–Kier alpha value is -1.73. The van der Waals surface area contributed by atoms with E-state index in [4.69, 9.17) is 17.3 Å². The van der Waals surface area contributed by atoms with E-state index in [0.29, 0.717) is 0 Å². The average Bonchev–Trinajstić information content (AvgIpc) is 2.79. The third-order valence-electron chi connectivity index (χ3n) is 5.32.